The molecule has 2 aliphatic heterocycles. The molecule has 3 rings (SSSR count). The first kappa shape index (κ1) is 18.2. The topological polar surface area (TPSA) is 61.6 Å². The predicted molar refractivity (Wildman–Crippen MR) is 91.2 cm³/mol. The van der Waals surface area contributed by atoms with E-state index >= 15 is 0 Å². The molecule has 1 aromatic heterocycles. The Balaban J connectivity index is 0.00000192. The number of likely N-dealkylation sites (tertiary alicyclic amines) is 1. The fraction of sp³-hybridized carbons (Fsp3) is 0.750. The number of hydrogen-bond acceptors (Lipinski definition) is 5. The average molecular weight is 343 g/mol. The van der Waals surface area contributed by atoms with E-state index in [2.05, 4.69) is 29.2 Å². The van der Waals surface area contributed by atoms with Crippen molar-refractivity contribution in [2.45, 2.75) is 38.6 Å². The van der Waals surface area contributed by atoms with Crippen LogP contribution < -0.4 is 5.32 Å². The number of piperazine rings is 1. The number of hydrogen-bond donors (Lipinski definition) is 1. The number of nitrogens with one attached hydrogen (secondary N) is 1. The molecule has 1 N–H and O–H groups in total. The first-order valence-electron chi connectivity index (χ1n) is 8.39. The second kappa shape index (κ2) is 8.13. The van der Waals surface area contributed by atoms with Gasteiger partial charge in [0.05, 0.1) is 5.69 Å². The highest BCUT2D eigenvalue weighted by atomic mass is 35.5. The van der Waals surface area contributed by atoms with Crippen molar-refractivity contribution in [2.75, 3.05) is 39.3 Å². The summed E-state index contributed by atoms with van der Waals surface area (Å²) < 4.78 is 5.28. The van der Waals surface area contributed by atoms with E-state index in [0.717, 1.165) is 57.8 Å². The highest BCUT2D eigenvalue weighted by molar-refractivity contribution is 5.91. The fourth-order valence-electron chi connectivity index (χ4n) is 3.26. The highest BCUT2D eigenvalue weighted by Gasteiger charge is 2.32. The van der Waals surface area contributed by atoms with Crippen molar-refractivity contribution in [3.05, 3.63) is 17.5 Å². The highest BCUT2D eigenvalue weighted by Crippen LogP contribution is 2.22. The Bertz CT molecular complexity index is 516. The van der Waals surface area contributed by atoms with Crippen molar-refractivity contribution in [3.8, 4) is 0 Å². The monoisotopic (exact) mass is 342 g/mol. The van der Waals surface area contributed by atoms with Gasteiger partial charge in [-0.3, -0.25) is 9.69 Å². The minimum absolute atomic E-state index is 0. The number of carbonyl (C=O) groups is 1. The zero-order valence-electron chi connectivity index (χ0n) is 14.0. The Labute approximate surface area is 144 Å². The molecule has 7 heteroatoms. The van der Waals surface area contributed by atoms with E-state index in [-0.39, 0.29) is 18.3 Å². The largest absolute Gasteiger partial charge is 0.351 e. The summed E-state index contributed by atoms with van der Waals surface area (Å²) in [5, 5.41) is 7.42. The first-order chi connectivity index (χ1) is 10.7. The van der Waals surface area contributed by atoms with Crippen molar-refractivity contribution in [1.29, 1.82) is 0 Å². The number of rotatable bonds is 4. The van der Waals surface area contributed by atoms with Crippen LogP contribution in [0.4, 0.5) is 0 Å². The summed E-state index contributed by atoms with van der Waals surface area (Å²) in [5.41, 5.74) is 0.878. The Morgan fingerprint density at radius 3 is 2.87 bits per heavy atom. The van der Waals surface area contributed by atoms with E-state index in [9.17, 15) is 4.79 Å². The molecule has 0 radical (unpaired) electrons. The van der Waals surface area contributed by atoms with Crippen LogP contribution in [-0.2, 0) is 0 Å². The maximum absolute atomic E-state index is 12.6. The van der Waals surface area contributed by atoms with Crippen LogP contribution in [0.3, 0.4) is 0 Å². The Morgan fingerprint density at radius 2 is 2.17 bits per heavy atom. The molecule has 2 aliphatic rings. The molecule has 23 heavy (non-hydrogen) atoms. The SMILES string of the molecule is CCC(C)c1cc(C(=O)N2CCC(N3CCNCC3)C2)on1.Cl. The quantitative estimate of drug-likeness (QED) is 0.903. The molecule has 0 aliphatic carbocycles. The summed E-state index contributed by atoms with van der Waals surface area (Å²) in [6.45, 7) is 10.1. The van der Waals surface area contributed by atoms with Crippen LogP contribution in [0.25, 0.3) is 0 Å². The first-order valence-corrected chi connectivity index (χ1v) is 8.39. The maximum Gasteiger partial charge on any atom is 0.292 e. The van der Waals surface area contributed by atoms with Crippen LogP contribution in [0.1, 0.15) is 48.9 Å². The van der Waals surface area contributed by atoms with Crippen molar-refractivity contribution >= 4 is 18.3 Å². The number of amides is 1. The standard InChI is InChI=1S/C16H26N4O2.ClH/c1-3-12(2)14-10-15(22-18-14)16(21)20-7-4-13(11-20)19-8-5-17-6-9-19;/h10,12-13,17H,3-9,11H2,1-2H3;1H. The number of carbonyl (C=O) groups excluding carboxylic acids is 1. The lowest BCUT2D eigenvalue weighted by atomic mass is 10.1. The summed E-state index contributed by atoms with van der Waals surface area (Å²) in [4.78, 5) is 17.0. The molecular weight excluding hydrogens is 316 g/mol. The molecule has 0 saturated carbocycles. The molecule has 2 saturated heterocycles. The number of halogens is 1. The Hall–Kier alpha value is -1.11. The normalized spacial score (nSPS) is 23.6. The van der Waals surface area contributed by atoms with E-state index in [1.54, 1.807) is 0 Å². The van der Waals surface area contributed by atoms with Crippen molar-refractivity contribution in [2.24, 2.45) is 0 Å². The lowest BCUT2D eigenvalue weighted by molar-refractivity contribution is 0.0732. The van der Waals surface area contributed by atoms with Gasteiger partial charge < -0.3 is 14.7 Å². The van der Waals surface area contributed by atoms with Crippen molar-refractivity contribution in [1.82, 2.24) is 20.3 Å². The Kier molecular flexibility index (Phi) is 6.44. The molecule has 2 unspecified atom stereocenters. The van der Waals surface area contributed by atoms with Crippen LogP contribution in [0, 0.1) is 0 Å². The van der Waals surface area contributed by atoms with Gasteiger partial charge in [0.15, 0.2) is 0 Å². The van der Waals surface area contributed by atoms with E-state index in [1.165, 1.54) is 0 Å². The molecule has 2 atom stereocenters. The molecule has 0 spiro atoms. The van der Waals surface area contributed by atoms with Gasteiger partial charge in [0.2, 0.25) is 5.76 Å². The van der Waals surface area contributed by atoms with Crippen LogP contribution in [0.15, 0.2) is 10.6 Å². The van der Waals surface area contributed by atoms with Crippen molar-refractivity contribution in [3.63, 3.8) is 0 Å². The zero-order chi connectivity index (χ0) is 15.5. The maximum atomic E-state index is 12.6. The molecule has 1 aromatic rings. The number of nitrogens with zero attached hydrogens (tertiary/aromatic N) is 3. The Morgan fingerprint density at radius 1 is 1.43 bits per heavy atom. The van der Waals surface area contributed by atoms with Crippen LogP contribution in [0.2, 0.25) is 0 Å². The zero-order valence-corrected chi connectivity index (χ0v) is 14.8. The van der Waals surface area contributed by atoms with Gasteiger partial charge in [-0.2, -0.15) is 0 Å². The van der Waals surface area contributed by atoms with Gasteiger partial charge in [0.1, 0.15) is 0 Å². The lowest BCUT2D eigenvalue weighted by Gasteiger charge is -2.32. The van der Waals surface area contributed by atoms with Crippen LogP contribution >= 0.6 is 12.4 Å². The van der Waals surface area contributed by atoms with Crippen LogP contribution in [-0.4, -0.2) is 66.2 Å². The van der Waals surface area contributed by atoms with E-state index in [4.69, 9.17) is 4.52 Å². The summed E-state index contributed by atoms with van der Waals surface area (Å²) in [6.07, 6.45) is 2.05. The van der Waals surface area contributed by atoms with Gasteiger partial charge in [-0.1, -0.05) is 19.0 Å². The summed E-state index contributed by atoms with van der Waals surface area (Å²) in [7, 11) is 0. The van der Waals surface area contributed by atoms with Crippen LogP contribution in [0.5, 0.6) is 0 Å². The summed E-state index contributed by atoms with van der Waals surface area (Å²) in [6, 6.07) is 2.30. The summed E-state index contributed by atoms with van der Waals surface area (Å²) in [5.74, 6) is 0.702. The minimum atomic E-state index is -0.0142. The molecule has 1 amide bonds. The molecule has 0 aromatic carbocycles. The molecular formula is C16H27ClN4O2. The molecule has 0 bridgehead atoms. The predicted octanol–water partition coefficient (Wildman–Crippen LogP) is 1.73. The van der Waals surface area contributed by atoms with Gasteiger partial charge in [-0.05, 0) is 12.8 Å². The van der Waals surface area contributed by atoms with Crippen molar-refractivity contribution < 1.29 is 9.32 Å². The average Bonchev–Trinajstić information content (AvgIpc) is 3.24. The smallest absolute Gasteiger partial charge is 0.292 e. The third-order valence-corrected chi connectivity index (χ3v) is 4.98. The van der Waals surface area contributed by atoms with Gasteiger partial charge in [-0.15, -0.1) is 12.4 Å². The lowest BCUT2D eigenvalue weighted by Crippen LogP contribution is -2.49. The second-order valence-electron chi connectivity index (χ2n) is 6.40. The number of aromatic nitrogens is 1. The van der Waals surface area contributed by atoms with E-state index in [0.29, 0.717) is 17.7 Å². The third-order valence-electron chi connectivity index (χ3n) is 4.98. The fourth-order valence-corrected chi connectivity index (χ4v) is 3.26. The van der Waals surface area contributed by atoms with E-state index < -0.39 is 0 Å². The molecule has 3 heterocycles. The second-order valence-corrected chi connectivity index (χ2v) is 6.40. The van der Waals surface area contributed by atoms with Gasteiger partial charge in [0, 0.05) is 57.3 Å². The minimum Gasteiger partial charge on any atom is -0.351 e. The molecule has 130 valence electrons. The molecule has 6 nitrogen and oxygen atoms in total. The summed E-state index contributed by atoms with van der Waals surface area (Å²) >= 11 is 0. The third kappa shape index (κ3) is 4.05. The van der Waals surface area contributed by atoms with Gasteiger partial charge in [0.25, 0.3) is 5.91 Å². The van der Waals surface area contributed by atoms with Gasteiger partial charge in [-0.25, -0.2) is 0 Å². The van der Waals surface area contributed by atoms with Gasteiger partial charge >= 0.3 is 0 Å². The molecule has 2 fully saturated rings. The van der Waals surface area contributed by atoms with E-state index in [1.807, 2.05) is 11.0 Å².